The molecule has 1 heterocycles. The average molecular weight is 313 g/mol. The molecule has 1 aromatic heterocycles. The van der Waals surface area contributed by atoms with E-state index in [4.69, 9.17) is 9.63 Å². The van der Waals surface area contributed by atoms with E-state index in [1.165, 1.54) is 4.90 Å². The van der Waals surface area contributed by atoms with Crippen LogP contribution in [0.15, 0.2) is 41.4 Å². The summed E-state index contributed by atoms with van der Waals surface area (Å²) in [7, 11) is 0. The van der Waals surface area contributed by atoms with Crippen LogP contribution in [0.4, 0.5) is 0 Å². The number of carbonyl (C=O) groups excluding carboxylic acids is 1. The van der Waals surface area contributed by atoms with Crippen molar-refractivity contribution in [3.05, 3.63) is 48.4 Å². The zero-order chi connectivity index (χ0) is 16.2. The number of hydrogen-bond donors (Lipinski definition) is 1. The third-order valence-electron chi connectivity index (χ3n) is 3.74. The molecule has 0 aliphatic heterocycles. The van der Waals surface area contributed by atoms with Gasteiger partial charge >= 0.3 is 0 Å². The van der Waals surface area contributed by atoms with E-state index in [0.717, 1.165) is 18.4 Å². The number of hydrogen-bond acceptors (Lipinski definition) is 5. The lowest BCUT2D eigenvalue weighted by atomic mass is 10.1. The molecule has 6 heteroatoms. The fraction of sp³-hybridized carbons (Fsp3) is 0.353. The highest BCUT2D eigenvalue weighted by atomic mass is 16.5. The van der Waals surface area contributed by atoms with Crippen molar-refractivity contribution in [3.8, 4) is 11.4 Å². The van der Waals surface area contributed by atoms with Crippen LogP contribution >= 0.6 is 0 Å². The summed E-state index contributed by atoms with van der Waals surface area (Å²) in [5.74, 6) is 1.41. The average Bonchev–Trinajstić information content (AvgIpc) is 3.31. The molecule has 23 heavy (non-hydrogen) atoms. The number of aliphatic hydroxyl groups excluding tert-OH is 1. The van der Waals surface area contributed by atoms with Crippen LogP contribution in [0, 0.1) is 0 Å². The van der Waals surface area contributed by atoms with Crippen molar-refractivity contribution in [2.24, 2.45) is 0 Å². The second-order valence-corrected chi connectivity index (χ2v) is 5.57. The first kappa shape index (κ1) is 15.4. The molecule has 2 aromatic rings. The van der Waals surface area contributed by atoms with Gasteiger partial charge in [0.1, 0.15) is 0 Å². The van der Waals surface area contributed by atoms with Gasteiger partial charge in [-0.3, -0.25) is 4.79 Å². The van der Waals surface area contributed by atoms with Crippen LogP contribution in [-0.4, -0.2) is 45.8 Å². The van der Waals surface area contributed by atoms with Gasteiger partial charge in [0.2, 0.25) is 11.7 Å². The van der Waals surface area contributed by atoms with Crippen molar-refractivity contribution in [3.63, 3.8) is 0 Å². The minimum atomic E-state index is -0.160. The molecule has 0 atom stereocenters. The van der Waals surface area contributed by atoms with Crippen molar-refractivity contribution in [2.45, 2.75) is 18.8 Å². The Labute approximate surface area is 134 Å². The second kappa shape index (κ2) is 6.75. The van der Waals surface area contributed by atoms with Gasteiger partial charge in [-0.05, 0) is 25.0 Å². The van der Waals surface area contributed by atoms with Crippen molar-refractivity contribution >= 4 is 5.91 Å². The Morgan fingerprint density at radius 2 is 2.30 bits per heavy atom. The van der Waals surface area contributed by atoms with Crippen LogP contribution < -0.4 is 0 Å². The van der Waals surface area contributed by atoms with Crippen LogP contribution in [0.5, 0.6) is 0 Å². The number of nitrogens with zero attached hydrogens (tertiary/aromatic N) is 3. The molecule has 0 radical (unpaired) electrons. The van der Waals surface area contributed by atoms with Crippen LogP contribution in [0.3, 0.4) is 0 Å². The van der Waals surface area contributed by atoms with Crippen LogP contribution in [-0.2, 0) is 0 Å². The minimum absolute atomic E-state index is 0.0884. The monoisotopic (exact) mass is 313 g/mol. The molecule has 1 fully saturated rings. The largest absolute Gasteiger partial charge is 0.395 e. The molecule has 1 aliphatic carbocycles. The van der Waals surface area contributed by atoms with Crippen LogP contribution in [0.1, 0.15) is 35.0 Å². The third-order valence-corrected chi connectivity index (χ3v) is 3.74. The number of benzene rings is 1. The molecule has 1 aromatic carbocycles. The standard InChI is InChI=1S/C17H19N3O3/c1-2-8-20(9-10-21)17(22)14-5-3-4-13(11-14)15-18-16(23-19-15)12-6-7-12/h2-5,11-12,21H,1,6-10H2. The van der Waals surface area contributed by atoms with Gasteiger partial charge in [-0.1, -0.05) is 23.4 Å². The maximum absolute atomic E-state index is 12.5. The van der Waals surface area contributed by atoms with E-state index >= 15 is 0 Å². The van der Waals surface area contributed by atoms with Crippen molar-refractivity contribution in [1.29, 1.82) is 0 Å². The third kappa shape index (κ3) is 3.48. The summed E-state index contributed by atoms with van der Waals surface area (Å²) in [6.45, 7) is 4.21. The van der Waals surface area contributed by atoms with E-state index < -0.39 is 0 Å². The molecule has 1 amide bonds. The molecule has 0 spiro atoms. The lowest BCUT2D eigenvalue weighted by Crippen LogP contribution is -2.33. The SMILES string of the molecule is C=CCN(CCO)C(=O)c1cccc(-c2noc(C3CC3)n2)c1. The number of rotatable bonds is 7. The van der Waals surface area contributed by atoms with Crippen LogP contribution in [0.2, 0.25) is 0 Å². The highest BCUT2D eigenvalue weighted by Crippen LogP contribution is 2.39. The Morgan fingerprint density at radius 3 is 3.00 bits per heavy atom. The quantitative estimate of drug-likeness (QED) is 0.793. The molecule has 1 N–H and O–H groups in total. The van der Waals surface area contributed by atoms with E-state index in [1.54, 1.807) is 24.3 Å². The Morgan fingerprint density at radius 1 is 1.48 bits per heavy atom. The van der Waals surface area contributed by atoms with Crippen molar-refractivity contribution < 1.29 is 14.4 Å². The number of aromatic nitrogens is 2. The van der Waals surface area contributed by atoms with Gasteiger partial charge in [0.05, 0.1) is 6.61 Å². The Balaban J connectivity index is 1.82. The Bertz CT molecular complexity index is 707. The Kier molecular flexibility index (Phi) is 4.52. The molecule has 1 aliphatic rings. The van der Waals surface area contributed by atoms with Gasteiger partial charge in [-0.25, -0.2) is 0 Å². The number of carbonyl (C=O) groups is 1. The summed E-state index contributed by atoms with van der Waals surface area (Å²) in [4.78, 5) is 18.5. The van der Waals surface area contributed by atoms with E-state index in [2.05, 4.69) is 16.7 Å². The lowest BCUT2D eigenvalue weighted by Gasteiger charge is -2.20. The summed E-state index contributed by atoms with van der Waals surface area (Å²) in [5.41, 5.74) is 1.27. The lowest BCUT2D eigenvalue weighted by molar-refractivity contribution is 0.0743. The smallest absolute Gasteiger partial charge is 0.254 e. The summed E-state index contributed by atoms with van der Waals surface area (Å²) in [6, 6.07) is 7.13. The van der Waals surface area contributed by atoms with Gasteiger partial charge in [0.15, 0.2) is 0 Å². The molecule has 120 valence electrons. The fourth-order valence-corrected chi connectivity index (χ4v) is 2.37. The van der Waals surface area contributed by atoms with Gasteiger partial charge in [0.25, 0.3) is 5.91 Å². The number of amides is 1. The van der Waals surface area contributed by atoms with Gasteiger partial charge < -0.3 is 14.5 Å². The predicted octanol–water partition coefficient (Wildman–Crippen LogP) is 2.23. The molecule has 1 saturated carbocycles. The summed E-state index contributed by atoms with van der Waals surface area (Å²) in [6.07, 6.45) is 3.83. The zero-order valence-corrected chi connectivity index (χ0v) is 12.8. The first-order chi connectivity index (χ1) is 11.2. The number of aliphatic hydroxyl groups is 1. The van der Waals surface area contributed by atoms with Crippen molar-refractivity contribution in [2.75, 3.05) is 19.7 Å². The van der Waals surface area contributed by atoms with Crippen LogP contribution in [0.25, 0.3) is 11.4 Å². The topological polar surface area (TPSA) is 79.5 Å². The first-order valence-corrected chi connectivity index (χ1v) is 7.68. The van der Waals surface area contributed by atoms with E-state index in [1.807, 2.05) is 6.07 Å². The highest BCUT2D eigenvalue weighted by Gasteiger charge is 2.29. The summed E-state index contributed by atoms with van der Waals surface area (Å²) >= 11 is 0. The predicted molar refractivity (Wildman–Crippen MR) is 84.9 cm³/mol. The molecular weight excluding hydrogens is 294 g/mol. The minimum Gasteiger partial charge on any atom is -0.395 e. The molecule has 3 rings (SSSR count). The zero-order valence-electron chi connectivity index (χ0n) is 12.8. The highest BCUT2D eigenvalue weighted by molar-refractivity contribution is 5.95. The maximum atomic E-state index is 12.5. The first-order valence-electron chi connectivity index (χ1n) is 7.68. The molecular formula is C17H19N3O3. The molecule has 0 unspecified atom stereocenters. The molecule has 0 saturated heterocycles. The second-order valence-electron chi connectivity index (χ2n) is 5.57. The van der Waals surface area contributed by atoms with E-state index in [0.29, 0.717) is 29.7 Å². The van der Waals surface area contributed by atoms with Crippen molar-refractivity contribution in [1.82, 2.24) is 15.0 Å². The maximum Gasteiger partial charge on any atom is 0.254 e. The normalized spacial score (nSPS) is 13.8. The van der Waals surface area contributed by atoms with E-state index in [-0.39, 0.29) is 19.1 Å². The molecule has 6 nitrogen and oxygen atoms in total. The fourth-order valence-electron chi connectivity index (χ4n) is 2.37. The summed E-state index contributed by atoms with van der Waals surface area (Å²) < 4.78 is 5.27. The van der Waals surface area contributed by atoms with Gasteiger partial charge in [-0.15, -0.1) is 6.58 Å². The van der Waals surface area contributed by atoms with Gasteiger partial charge in [0, 0.05) is 30.1 Å². The Hall–Kier alpha value is -2.47. The molecule has 0 bridgehead atoms. The van der Waals surface area contributed by atoms with Gasteiger partial charge in [-0.2, -0.15) is 4.98 Å². The summed E-state index contributed by atoms with van der Waals surface area (Å²) in [5, 5.41) is 13.1. The van der Waals surface area contributed by atoms with E-state index in [9.17, 15) is 4.79 Å².